The van der Waals surface area contributed by atoms with Crippen LogP contribution in [0.4, 0.5) is 0 Å². The smallest absolute Gasteiger partial charge is 0.0721 e. The predicted octanol–water partition coefficient (Wildman–Crippen LogP) is 3.86. The Morgan fingerprint density at radius 3 is 1.70 bits per heavy atom. The van der Waals surface area contributed by atoms with E-state index < -0.39 is 5.97 Å². The molecule has 4 aliphatic rings. The molecule has 4 saturated carbocycles. The fraction of sp³-hybridized carbons (Fsp3) is 0.667. The molecular weight excluding hydrogens is 284 g/mol. The highest BCUT2D eigenvalue weighted by Crippen LogP contribution is 2.56. The minimum atomic E-state index is -0.929. The van der Waals surface area contributed by atoms with Crippen molar-refractivity contribution in [1.82, 2.24) is 0 Å². The summed E-state index contributed by atoms with van der Waals surface area (Å²) in [5.74, 6) is 3.12. The van der Waals surface area contributed by atoms with E-state index >= 15 is 0 Å². The first-order valence-corrected chi connectivity index (χ1v) is 9.55. The van der Waals surface area contributed by atoms with Gasteiger partial charge in [-0.25, -0.2) is 0 Å². The Labute approximate surface area is 138 Å². The second-order valence-electron chi connectivity index (χ2n) is 8.66. The van der Waals surface area contributed by atoms with Gasteiger partial charge in [-0.15, -0.1) is 0 Å². The van der Waals surface area contributed by atoms with E-state index in [4.69, 9.17) is 0 Å². The summed E-state index contributed by atoms with van der Waals surface area (Å²) in [5, 5.41) is 12.1. The largest absolute Gasteiger partial charge is 0.545 e. The molecule has 4 fully saturated rings. The molecule has 1 aromatic rings. The zero-order chi connectivity index (χ0) is 15.6. The molecule has 122 valence electrons. The number of carboxylic acids is 1. The Hall–Kier alpha value is -1.31. The van der Waals surface area contributed by atoms with Crippen molar-refractivity contribution in [1.29, 1.82) is 0 Å². The van der Waals surface area contributed by atoms with Crippen LogP contribution in [0.5, 0.6) is 0 Å². The van der Waals surface area contributed by atoms with Crippen LogP contribution in [-0.2, 0) is 0 Å². The molecule has 23 heavy (non-hydrogen) atoms. The molecule has 0 N–H and O–H groups in total. The van der Waals surface area contributed by atoms with E-state index in [0.717, 1.165) is 23.0 Å². The molecule has 0 spiro atoms. The van der Waals surface area contributed by atoms with Crippen molar-refractivity contribution >= 4 is 5.97 Å². The lowest BCUT2D eigenvalue weighted by atomic mass is 9.76. The molecule has 0 amide bonds. The second kappa shape index (κ2) is 5.09. The maximum atomic E-state index is 12.1. The number of hydrogen-bond donors (Lipinski definition) is 0. The molecule has 2 heteroatoms. The summed E-state index contributed by atoms with van der Waals surface area (Å²) >= 11 is 0. The number of benzene rings is 1. The molecule has 2 nitrogen and oxygen atoms in total. The standard InChI is InChI=1S/C21H26O2/c22-21(23)20-16(18-10-12-4-6-14(18)8-12)2-1-3-17(20)19-11-13-5-7-15(19)9-13/h1-3,12-15,18-19H,4-11H2,(H,22,23)/p-1. The van der Waals surface area contributed by atoms with Gasteiger partial charge in [0.25, 0.3) is 0 Å². The molecule has 6 atom stereocenters. The van der Waals surface area contributed by atoms with Crippen LogP contribution in [0.1, 0.15) is 84.7 Å². The molecule has 0 aromatic heterocycles. The maximum absolute atomic E-state index is 12.1. The van der Waals surface area contributed by atoms with E-state index in [0.29, 0.717) is 29.2 Å². The number of rotatable bonds is 3. The zero-order valence-corrected chi connectivity index (χ0v) is 13.7. The molecule has 6 unspecified atom stereocenters. The molecule has 4 bridgehead atoms. The third kappa shape index (κ3) is 2.10. The normalized spacial score (nSPS) is 40.9. The first-order valence-electron chi connectivity index (χ1n) is 9.55. The summed E-state index contributed by atoms with van der Waals surface area (Å²) in [7, 11) is 0. The number of hydrogen-bond acceptors (Lipinski definition) is 2. The highest BCUT2D eigenvalue weighted by Gasteiger charge is 2.44. The Bertz CT molecular complexity index is 603. The van der Waals surface area contributed by atoms with E-state index in [1.807, 2.05) is 0 Å². The summed E-state index contributed by atoms with van der Waals surface area (Å²) < 4.78 is 0. The summed E-state index contributed by atoms with van der Waals surface area (Å²) in [5.41, 5.74) is 2.80. The molecule has 5 rings (SSSR count). The lowest BCUT2D eigenvalue weighted by Gasteiger charge is -2.30. The molecule has 0 aliphatic heterocycles. The van der Waals surface area contributed by atoms with Crippen LogP contribution in [0.3, 0.4) is 0 Å². The highest BCUT2D eigenvalue weighted by atomic mass is 16.4. The van der Waals surface area contributed by atoms with Gasteiger partial charge < -0.3 is 9.90 Å². The van der Waals surface area contributed by atoms with E-state index in [9.17, 15) is 9.90 Å². The van der Waals surface area contributed by atoms with E-state index in [1.54, 1.807) is 0 Å². The zero-order valence-electron chi connectivity index (χ0n) is 13.7. The van der Waals surface area contributed by atoms with Gasteiger partial charge in [0.2, 0.25) is 0 Å². The van der Waals surface area contributed by atoms with Crippen molar-refractivity contribution < 1.29 is 9.90 Å². The van der Waals surface area contributed by atoms with Crippen LogP contribution in [-0.4, -0.2) is 5.97 Å². The van der Waals surface area contributed by atoms with Gasteiger partial charge in [0.1, 0.15) is 0 Å². The quantitative estimate of drug-likeness (QED) is 0.850. The van der Waals surface area contributed by atoms with E-state index in [2.05, 4.69) is 18.2 Å². The molecule has 1 aromatic carbocycles. The minimum absolute atomic E-state index is 0.472. The van der Waals surface area contributed by atoms with Crippen molar-refractivity contribution in [3.05, 3.63) is 34.9 Å². The number of carbonyl (C=O) groups excluding carboxylic acids is 1. The lowest BCUT2D eigenvalue weighted by molar-refractivity contribution is -0.255. The lowest BCUT2D eigenvalue weighted by Crippen LogP contribution is -2.28. The van der Waals surface area contributed by atoms with Gasteiger partial charge in [0, 0.05) is 5.56 Å². The van der Waals surface area contributed by atoms with Crippen molar-refractivity contribution in [2.24, 2.45) is 23.7 Å². The third-order valence-corrected chi connectivity index (χ3v) is 7.61. The Balaban J connectivity index is 1.56. The number of fused-ring (bicyclic) bond motifs is 4. The number of carbonyl (C=O) groups is 1. The van der Waals surface area contributed by atoms with Crippen molar-refractivity contribution in [2.45, 2.75) is 63.2 Å². The van der Waals surface area contributed by atoms with Crippen molar-refractivity contribution in [3.63, 3.8) is 0 Å². The van der Waals surface area contributed by atoms with Crippen molar-refractivity contribution in [2.75, 3.05) is 0 Å². The van der Waals surface area contributed by atoms with Crippen LogP contribution >= 0.6 is 0 Å². The maximum Gasteiger partial charge on any atom is 0.0721 e. The van der Waals surface area contributed by atoms with Gasteiger partial charge >= 0.3 is 0 Å². The van der Waals surface area contributed by atoms with Gasteiger partial charge in [-0.1, -0.05) is 31.0 Å². The third-order valence-electron chi connectivity index (χ3n) is 7.61. The summed E-state index contributed by atoms with van der Waals surface area (Å²) in [4.78, 5) is 12.1. The van der Waals surface area contributed by atoms with Crippen LogP contribution in [0.25, 0.3) is 0 Å². The fourth-order valence-electron chi connectivity index (χ4n) is 6.69. The average molecular weight is 309 g/mol. The van der Waals surface area contributed by atoms with Gasteiger partial charge in [-0.3, -0.25) is 0 Å². The monoisotopic (exact) mass is 309 g/mol. The van der Waals surface area contributed by atoms with E-state index in [-0.39, 0.29) is 0 Å². The summed E-state index contributed by atoms with van der Waals surface area (Å²) in [6.45, 7) is 0. The topological polar surface area (TPSA) is 40.1 Å². The first-order chi connectivity index (χ1) is 11.2. The highest BCUT2D eigenvalue weighted by molar-refractivity contribution is 5.90. The van der Waals surface area contributed by atoms with Crippen LogP contribution in [0.15, 0.2) is 18.2 Å². The first kappa shape index (κ1) is 14.1. The SMILES string of the molecule is O=C([O-])c1c(C2CC3CCC2C3)cccc1C1CC2CCC1C2. The van der Waals surface area contributed by atoms with Crippen LogP contribution < -0.4 is 5.11 Å². The predicted molar refractivity (Wildman–Crippen MR) is 87.2 cm³/mol. The Morgan fingerprint density at radius 2 is 1.35 bits per heavy atom. The minimum Gasteiger partial charge on any atom is -0.545 e. The summed E-state index contributed by atoms with van der Waals surface area (Å²) in [6, 6.07) is 6.30. The fourth-order valence-corrected chi connectivity index (χ4v) is 6.69. The van der Waals surface area contributed by atoms with Gasteiger partial charge in [-0.05, 0) is 85.2 Å². The average Bonchev–Trinajstić information content (AvgIpc) is 3.33. The molecule has 0 saturated heterocycles. The van der Waals surface area contributed by atoms with Gasteiger partial charge in [-0.2, -0.15) is 0 Å². The van der Waals surface area contributed by atoms with E-state index in [1.165, 1.54) is 51.4 Å². The molecule has 4 aliphatic carbocycles. The molecule has 0 radical (unpaired) electrons. The Kier molecular flexibility index (Phi) is 3.11. The van der Waals surface area contributed by atoms with Crippen molar-refractivity contribution in [3.8, 4) is 0 Å². The van der Waals surface area contributed by atoms with Gasteiger partial charge in [0.15, 0.2) is 0 Å². The van der Waals surface area contributed by atoms with Crippen LogP contribution in [0.2, 0.25) is 0 Å². The molecular formula is C21H25O2-. The number of carboxylic acid groups (broad SMARTS) is 1. The van der Waals surface area contributed by atoms with Crippen LogP contribution in [0, 0.1) is 23.7 Å². The second-order valence-corrected chi connectivity index (χ2v) is 8.66. The molecule has 0 heterocycles. The Morgan fingerprint density at radius 1 is 0.826 bits per heavy atom. The van der Waals surface area contributed by atoms with Gasteiger partial charge in [0.05, 0.1) is 5.97 Å². The number of aromatic carboxylic acids is 1. The summed E-state index contributed by atoms with van der Waals surface area (Å²) in [6.07, 6.45) is 10.3.